The van der Waals surface area contributed by atoms with Crippen molar-refractivity contribution in [3.63, 3.8) is 0 Å². The number of piperidine rings is 1. The Morgan fingerprint density at radius 3 is 2.71 bits per heavy atom. The first kappa shape index (κ1) is 21.3. The van der Waals surface area contributed by atoms with Crippen molar-refractivity contribution in [2.45, 2.75) is 19.3 Å². The third-order valence-electron chi connectivity index (χ3n) is 5.66. The average molecular weight is 441 g/mol. The fraction of sp³-hybridized carbons (Fsp3) is 0.348. The Labute approximate surface area is 185 Å². The zero-order valence-electron chi connectivity index (χ0n) is 17.1. The van der Waals surface area contributed by atoms with Crippen molar-refractivity contribution >= 4 is 40.1 Å². The number of hydrogen-bond donors (Lipinski definition) is 2. The molecule has 8 heteroatoms. The van der Waals surface area contributed by atoms with E-state index in [2.05, 4.69) is 20.4 Å². The predicted octanol–water partition coefficient (Wildman–Crippen LogP) is 4.75. The second kappa shape index (κ2) is 9.94. The van der Waals surface area contributed by atoms with E-state index < -0.39 is 6.09 Å². The summed E-state index contributed by atoms with van der Waals surface area (Å²) < 4.78 is 5.32. The number of aromatic amines is 1. The zero-order chi connectivity index (χ0) is 21.6. The van der Waals surface area contributed by atoms with Gasteiger partial charge in [0.1, 0.15) is 0 Å². The molecule has 2 aromatic carbocycles. The molecule has 0 aliphatic carbocycles. The summed E-state index contributed by atoms with van der Waals surface area (Å²) in [6.45, 7) is 2.93. The topological polar surface area (TPSA) is 87.3 Å². The van der Waals surface area contributed by atoms with Gasteiger partial charge in [-0.2, -0.15) is 5.10 Å². The van der Waals surface area contributed by atoms with Gasteiger partial charge < -0.3 is 9.64 Å². The number of amides is 1. The third-order valence-corrected chi connectivity index (χ3v) is 5.91. The number of aromatic nitrogens is 2. The van der Waals surface area contributed by atoms with Crippen LogP contribution in [0.5, 0.6) is 0 Å². The molecule has 1 fully saturated rings. The van der Waals surface area contributed by atoms with E-state index in [9.17, 15) is 9.59 Å². The Kier molecular flexibility index (Phi) is 6.84. The molecule has 0 bridgehead atoms. The van der Waals surface area contributed by atoms with Gasteiger partial charge in [-0.15, -0.1) is 0 Å². The number of carbonyl (C=O) groups is 2. The van der Waals surface area contributed by atoms with Crippen LogP contribution in [0.4, 0.5) is 10.5 Å². The maximum absolute atomic E-state index is 12.6. The molecule has 1 aromatic heterocycles. The number of ether oxygens (including phenoxy) is 1. The van der Waals surface area contributed by atoms with Crippen LogP contribution in [0.15, 0.2) is 48.7 Å². The number of carbonyl (C=O) groups excluding carboxylic acids is 2. The monoisotopic (exact) mass is 440 g/mol. The van der Waals surface area contributed by atoms with Crippen LogP contribution in [-0.2, 0) is 4.74 Å². The molecule has 0 unspecified atom stereocenters. The number of hydrogen-bond acceptors (Lipinski definition) is 5. The van der Waals surface area contributed by atoms with Gasteiger partial charge in [0.25, 0.3) is 0 Å². The Balaban J connectivity index is 1.15. The average Bonchev–Trinajstić information content (AvgIpc) is 3.27. The Bertz CT molecular complexity index is 1040. The van der Waals surface area contributed by atoms with Gasteiger partial charge in [0.15, 0.2) is 5.78 Å². The molecule has 1 aliphatic rings. The molecule has 7 nitrogen and oxygen atoms in total. The molecule has 2 N–H and O–H groups in total. The summed E-state index contributed by atoms with van der Waals surface area (Å²) in [6.07, 6.45) is 3.64. The van der Waals surface area contributed by atoms with Crippen LogP contribution in [-0.4, -0.2) is 53.2 Å². The number of likely N-dealkylation sites (tertiary alicyclic amines) is 1. The number of fused-ring (bicyclic) bond motifs is 1. The first-order chi connectivity index (χ1) is 15.1. The summed E-state index contributed by atoms with van der Waals surface area (Å²) in [7, 11) is 0. The van der Waals surface area contributed by atoms with Gasteiger partial charge in [-0.3, -0.25) is 15.2 Å². The molecule has 1 amide bonds. The summed E-state index contributed by atoms with van der Waals surface area (Å²) in [6, 6.07) is 12.7. The molecule has 0 atom stereocenters. The fourth-order valence-electron chi connectivity index (χ4n) is 3.94. The van der Waals surface area contributed by atoms with Gasteiger partial charge in [0.2, 0.25) is 0 Å². The van der Waals surface area contributed by atoms with E-state index in [1.54, 1.807) is 30.5 Å². The normalized spacial score (nSPS) is 15.1. The minimum absolute atomic E-state index is 0.0603. The molecule has 2 heterocycles. The van der Waals surface area contributed by atoms with E-state index in [0.717, 1.165) is 55.4 Å². The van der Waals surface area contributed by atoms with Gasteiger partial charge in [-0.05, 0) is 68.8 Å². The molecule has 162 valence electrons. The summed E-state index contributed by atoms with van der Waals surface area (Å²) >= 11 is 5.90. The van der Waals surface area contributed by atoms with E-state index in [4.69, 9.17) is 16.3 Å². The summed E-state index contributed by atoms with van der Waals surface area (Å²) in [4.78, 5) is 27.0. The standard InChI is InChI=1S/C23H25ClN4O3/c24-18-7-5-16(6-8-18)22(29)17-9-12-28(13-10-17)11-2-14-31-23(30)26-20-3-1-4-21-19(20)15-25-27-21/h1,3-8,15,17H,2,9-14H2,(H,25,27)(H,26,30). The van der Waals surface area contributed by atoms with Crippen LogP contribution < -0.4 is 5.32 Å². The maximum atomic E-state index is 12.6. The maximum Gasteiger partial charge on any atom is 0.411 e. The van der Waals surface area contributed by atoms with Crippen molar-refractivity contribution in [3.8, 4) is 0 Å². The fourth-order valence-corrected chi connectivity index (χ4v) is 4.07. The van der Waals surface area contributed by atoms with Gasteiger partial charge in [0, 0.05) is 28.4 Å². The Hall–Kier alpha value is -2.90. The number of nitrogens with zero attached hydrogens (tertiary/aromatic N) is 2. The predicted molar refractivity (Wildman–Crippen MR) is 121 cm³/mol. The lowest BCUT2D eigenvalue weighted by Gasteiger charge is -2.31. The minimum atomic E-state index is -0.471. The van der Waals surface area contributed by atoms with Crippen LogP contribution in [0.2, 0.25) is 5.02 Å². The van der Waals surface area contributed by atoms with Crippen molar-refractivity contribution in [2.75, 3.05) is 31.6 Å². The highest BCUT2D eigenvalue weighted by atomic mass is 35.5. The molecule has 3 aromatic rings. The molecule has 0 saturated carbocycles. The van der Waals surface area contributed by atoms with Gasteiger partial charge >= 0.3 is 6.09 Å². The van der Waals surface area contributed by atoms with Crippen LogP contribution in [0.1, 0.15) is 29.6 Å². The van der Waals surface area contributed by atoms with E-state index in [1.165, 1.54) is 0 Å². The van der Waals surface area contributed by atoms with E-state index in [0.29, 0.717) is 17.3 Å². The lowest BCUT2D eigenvalue weighted by atomic mass is 9.89. The highest BCUT2D eigenvalue weighted by Crippen LogP contribution is 2.23. The number of rotatable bonds is 7. The highest BCUT2D eigenvalue weighted by molar-refractivity contribution is 6.30. The summed E-state index contributed by atoms with van der Waals surface area (Å²) in [5.74, 6) is 0.258. The smallest absolute Gasteiger partial charge is 0.411 e. The van der Waals surface area contributed by atoms with Crippen molar-refractivity contribution in [3.05, 3.63) is 59.2 Å². The van der Waals surface area contributed by atoms with Crippen LogP contribution >= 0.6 is 11.6 Å². The number of Topliss-reactive ketones (excluding diaryl/α,β-unsaturated/α-hetero) is 1. The second-order valence-corrected chi connectivity index (χ2v) is 8.17. The first-order valence-electron chi connectivity index (χ1n) is 10.5. The van der Waals surface area contributed by atoms with E-state index in [1.807, 2.05) is 18.2 Å². The van der Waals surface area contributed by atoms with E-state index >= 15 is 0 Å². The van der Waals surface area contributed by atoms with Crippen LogP contribution in [0, 0.1) is 5.92 Å². The van der Waals surface area contributed by atoms with E-state index in [-0.39, 0.29) is 11.7 Å². The first-order valence-corrected chi connectivity index (χ1v) is 10.9. The molecule has 1 aliphatic heterocycles. The Morgan fingerprint density at radius 1 is 1.16 bits per heavy atom. The number of benzene rings is 2. The van der Waals surface area contributed by atoms with Crippen molar-refractivity contribution in [1.29, 1.82) is 0 Å². The summed E-state index contributed by atoms with van der Waals surface area (Å²) in [5, 5.41) is 11.1. The van der Waals surface area contributed by atoms with Crippen LogP contribution in [0.25, 0.3) is 10.9 Å². The molecule has 0 radical (unpaired) electrons. The number of anilines is 1. The minimum Gasteiger partial charge on any atom is -0.449 e. The molecule has 1 saturated heterocycles. The highest BCUT2D eigenvalue weighted by Gasteiger charge is 2.25. The summed E-state index contributed by atoms with van der Waals surface area (Å²) in [5.41, 5.74) is 2.26. The SMILES string of the molecule is O=C(Nc1cccc2[nH]ncc12)OCCCN1CCC(C(=O)c2ccc(Cl)cc2)CC1. The molecule has 31 heavy (non-hydrogen) atoms. The molecular formula is C23H25ClN4O3. The number of ketones is 1. The van der Waals surface area contributed by atoms with Crippen molar-refractivity contribution in [2.24, 2.45) is 5.92 Å². The van der Waals surface area contributed by atoms with Gasteiger partial charge in [-0.25, -0.2) is 4.79 Å². The number of halogens is 1. The lowest BCUT2D eigenvalue weighted by molar-refractivity contribution is 0.0830. The third kappa shape index (κ3) is 5.42. The number of H-pyrrole nitrogens is 1. The van der Waals surface area contributed by atoms with Crippen LogP contribution in [0.3, 0.4) is 0 Å². The zero-order valence-corrected chi connectivity index (χ0v) is 17.9. The number of nitrogens with one attached hydrogen (secondary N) is 2. The molecule has 4 rings (SSSR count). The van der Waals surface area contributed by atoms with Gasteiger partial charge in [0.05, 0.1) is 24.0 Å². The largest absolute Gasteiger partial charge is 0.449 e. The van der Waals surface area contributed by atoms with Gasteiger partial charge in [-0.1, -0.05) is 17.7 Å². The Morgan fingerprint density at radius 2 is 1.94 bits per heavy atom. The van der Waals surface area contributed by atoms with Crippen molar-refractivity contribution in [1.82, 2.24) is 15.1 Å². The molecule has 0 spiro atoms. The quantitative estimate of drug-likeness (QED) is 0.409. The van der Waals surface area contributed by atoms with Crippen molar-refractivity contribution < 1.29 is 14.3 Å². The molecular weight excluding hydrogens is 416 g/mol. The lowest BCUT2D eigenvalue weighted by Crippen LogP contribution is -2.37. The second-order valence-electron chi connectivity index (χ2n) is 7.74.